The fourth-order valence-corrected chi connectivity index (χ4v) is 4.06. The number of likely N-dealkylation sites (tertiary alicyclic amines) is 1. The van der Waals surface area contributed by atoms with Gasteiger partial charge in [0.05, 0.1) is 24.2 Å². The van der Waals surface area contributed by atoms with E-state index in [4.69, 9.17) is 9.47 Å². The minimum atomic E-state index is -0.587. The number of para-hydroxylation sites is 1. The molecule has 1 amide bonds. The average molecular weight is 388 g/mol. The van der Waals surface area contributed by atoms with E-state index in [-0.39, 0.29) is 11.9 Å². The molecule has 144 valence electrons. The van der Waals surface area contributed by atoms with Crippen LogP contribution in [0.15, 0.2) is 47.2 Å². The molecule has 0 radical (unpaired) electrons. The molecule has 1 fully saturated rings. The van der Waals surface area contributed by atoms with Crippen LogP contribution in [0.4, 0.5) is 0 Å². The van der Waals surface area contributed by atoms with Crippen LogP contribution in [0.25, 0.3) is 0 Å². The van der Waals surface area contributed by atoms with Crippen LogP contribution in [0.5, 0.6) is 5.75 Å². The summed E-state index contributed by atoms with van der Waals surface area (Å²) in [6.07, 6.45) is 1.78. The molecule has 6 heteroatoms. The summed E-state index contributed by atoms with van der Waals surface area (Å²) in [7, 11) is 0. The minimum Gasteiger partial charge on any atom is -0.494 e. The van der Waals surface area contributed by atoms with Gasteiger partial charge in [-0.05, 0) is 49.8 Å². The van der Waals surface area contributed by atoms with Gasteiger partial charge in [0.1, 0.15) is 5.75 Å². The standard InChI is InChI=1S/C21H25NO4S/c1-2-25-20(24)21(11-14-26-18-6-4-3-5-7-18)9-12-22(13-10-21)19(23)17-8-15-27-16-17/h3-8,15-16H,2,9-14H2,1H3. The van der Waals surface area contributed by atoms with E-state index >= 15 is 0 Å². The first-order valence-corrected chi connectivity index (χ1v) is 10.3. The molecule has 1 aliphatic heterocycles. The summed E-state index contributed by atoms with van der Waals surface area (Å²) < 4.78 is 11.2. The zero-order valence-corrected chi connectivity index (χ0v) is 16.4. The number of carbonyl (C=O) groups is 2. The second-order valence-corrected chi connectivity index (χ2v) is 7.50. The molecule has 0 atom stereocenters. The maximum Gasteiger partial charge on any atom is 0.312 e. The van der Waals surface area contributed by atoms with Crippen LogP contribution >= 0.6 is 11.3 Å². The second kappa shape index (κ2) is 9.04. The molecular formula is C21H25NO4S. The van der Waals surface area contributed by atoms with Crippen LogP contribution in [0.2, 0.25) is 0 Å². The van der Waals surface area contributed by atoms with Crippen molar-refractivity contribution in [3.8, 4) is 5.75 Å². The van der Waals surface area contributed by atoms with E-state index in [2.05, 4.69) is 0 Å². The molecular weight excluding hydrogens is 362 g/mol. The van der Waals surface area contributed by atoms with Crippen molar-refractivity contribution in [2.24, 2.45) is 5.41 Å². The molecule has 1 saturated heterocycles. The van der Waals surface area contributed by atoms with Gasteiger partial charge in [0.2, 0.25) is 0 Å². The van der Waals surface area contributed by atoms with Crippen molar-refractivity contribution < 1.29 is 19.1 Å². The number of carbonyl (C=O) groups excluding carboxylic acids is 2. The number of ether oxygens (including phenoxy) is 2. The Morgan fingerprint density at radius 1 is 1.15 bits per heavy atom. The average Bonchev–Trinajstić information content (AvgIpc) is 3.24. The summed E-state index contributed by atoms with van der Waals surface area (Å²) in [5.41, 5.74) is 0.131. The summed E-state index contributed by atoms with van der Waals surface area (Å²) in [6.45, 7) is 3.73. The van der Waals surface area contributed by atoms with E-state index in [1.165, 1.54) is 11.3 Å². The number of rotatable bonds is 7. The number of amides is 1. The Morgan fingerprint density at radius 2 is 1.89 bits per heavy atom. The van der Waals surface area contributed by atoms with Crippen LogP contribution < -0.4 is 4.74 Å². The molecule has 0 N–H and O–H groups in total. The van der Waals surface area contributed by atoms with Gasteiger partial charge in [0, 0.05) is 18.5 Å². The van der Waals surface area contributed by atoms with Crippen molar-refractivity contribution in [3.05, 3.63) is 52.7 Å². The van der Waals surface area contributed by atoms with E-state index in [0.717, 1.165) is 11.3 Å². The summed E-state index contributed by atoms with van der Waals surface area (Å²) in [5, 5.41) is 3.77. The van der Waals surface area contributed by atoms with Gasteiger partial charge in [0.25, 0.3) is 5.91 Å². The lowest BCUT2D eigenvalue weighted by Crippen LogP contribution is -2.47. The lowest BCUT2D eigenvalue weighted by molar-refractivity contribution is -0.159. The van der Waals surface area contributed by atoms with E-state index in [9.17, 15) is 9.59 Å². The van der Waals surface area contributed by atoms with Gasteiger partial charge < -0.3 is 14.4 Å². The van der Waals surface area contributed by atoms with E-state index in [1.54, 1.807) is 0 Å². The van der Waals surface area contributed by atoms with Crippen LogP contribution in [0.3, 0.4) is 0 Å². The molecule has 1 aliphatic rings. The number of benzene rings is 1. The third kappa shape index (κ3) is 4.69. The Hall–Kier alpha value is -2.34. The fraction of sp³-hybridized carbons (Fsp3) is 0.429. The van der Waals surface area contributed by atoms with Gasteiger partial charge in [-0.25, -0.2) is 0 Å². The smallest absolute Gasteiger partial charge is 0.312 e. The highest BCUT2D eigenvalue weighted by Crippen LogP contribution is 2.37. The molecule has 0 spiro atoms. The van der Waals surface area contributed by atoms with Crippen molar-refractivity contribution in [3.63, 3.8) is 0 Å². The molecule has 0 aliphatic carbocycles. The van der Waals surface area contributed by atoms with Gasteiger partial charge >= 0.3 is 5.97 Å². The van der Waals surface area contributed by atoms with Gasteiger partial charge in [0.15, 0.2) is 0 Å². The maximum atomic E-state index is 12.7. The van der Waals surface area contributed by atoms with Crippen LogP contribution in [-0.2, 0) is 9.53 Å². The molecule has 1 aromatic carbocycles. The van der Waals surface area contributed by atoms with Gasteiger partial charge in [-0.1, -0.05) is 18.2 Å². The summed E-state index contributed by atoms with van der Waals surface area (Å²) in [5.74, 6) is 0.653. The largest absolute Gasteiger partial charge is 0.494 e. The first-order valence-electron chi connectivity index (χ1n) is 9.31. The topological polar surface area (TPSA) is 55.8 Å². The van der Waals surface area contributed by atoms with Crippen molar-refractivity contribution in [1.29, 1.82) is 0 Å². The summed E-state index contributed by atoms with van der Waals surface area (Å²) in [4.78, 5) is 27.1. The molecule has 0 saturated carbocycles. The number of piperidine rings is 1. The number of nitrogens with zero attached hydrogens (tertiary/aromatic N) is 1. The van der Waals surface area contributed by atoms with Crippen LogP contribution in [0, 0.1) is 5.41 Å². The Balaban J connectivity index is 1.62. The highest BCUT2D eigenvalue weighted by Gasteiger charge is 2.43. The molecule has 0 unspecified atom stereocenters. The van der Waals surface area contributed by atoms with Crippen molar-refractivity contribution in [1.82, 2.24) is 4.90 Å². The molecule has 2 heterocycles. The van der Waals surface area contributed by atoms with E-state index in [1.807, 2.05) is 59.0 Å². The monoisotopic (exact) mass is 387 g/mol. The lowest BCUT2D eigenvalue weighted by atomic mass is 9.75. The highest BCUT2D eigenvalue weighted by molar-refractivity contribution is 7.08. The van der Waals surface area contributed by atoms with E-state index in [0.29, 0.717) is 45.6 Å². The van der Waals surface area contributed by atoms with Crippen molar-refractivity contribution in [2.45, 2.75) is 26.2 Å². The minimum absolute atomic E-state index is 0.0363. The summed E-state index contributed by atoms with van der Waals surface area (Å²) >= 11 is 1.51. The zero-order chi connectivity index (χ0) is 19.1. The Labute approximate surface area is 163 Å². The molecule has 5 nitrogen and oxygen atoms in total. The quantitative estimate of drug-likeness (QED) is 0.674. The Kier molecular flexibility index (Phi) is 6.50. The molecule has 1 aromatic heterocycles. The third-order valence-corrected chi connectivity index (χ3v) is 5.76. The predicted octanol–water partition coefficient (Wildman–Crippen LogP) is 4.00. The predicted molar refractivity (Wildman–Crippen MR) is 105 cm³/mol. The second-order valence-electron chi connectivity index (χ2n) is 6.72. The van der Waals surface area contributed by atoms with Crippen molar-refractivity contribution >= 4 is 23.2 Å². The normalized spacial score (nSPS) is 16.0. The lowest BCUT2D eigenvalue weighted by Gasteiger charge is -2.39. The molecule has 0 bridgehead atoms. The highest BCUT2D eigenvalue weighted by atomic mass is 32.1. The fourth-order valence-electron chi connectivity index (χ4n) is 3.43. The number of hydrogen-bond donors (Lipinski definition) is 0. The third-order valence-electron chi connectivity index (χ3n) is 5.08. The van der Waals surface area contributed by atoms with Gasteiger partial charge in [-0.2, -0.15) is 11.3 Å². The Morgan fingerprint density at radius 3 is 2.52 bits per heavy atom. The molecule has 3 rings (SSSR count). The van der Waals surface area contributed by atoms with Crippen LogP contribution in [-0.4, -0.2) is 43.1 Å². The first-order chi connectivity index (χ1) is 13.1. The number of esters is 1. The SMILES string of the molecule is CCOC(=O)C1(CCOc2ccccc2)CCN(C(=O)c2ccsc2)CC1. The number of hydrogen-bond acceptors (Lipinski definition) is 5. The van der Waals surface area contributed by atoms with Crippen LogP contribution in [0.1, 0.15) is 36.5 Å². The molecule has 27 heavy (non-hydrogen) atoms. The van der Waals surface area contributed by atoms with Gasteiger partial charge in [-0.15, -0.1) is 0 Å². The molecule has 2 aromatic rings. The first kappa shape index (κ1) is 19.4. The Bertz CT molecular complexity index is 737. The number of thiophene rings is 1. The van der Waals surface area contributed by atoms with Crippen molar-refractivity contribution in [2.75, 3.05) is 26.3 Å². The van der Waals surface area contributed by atoms with E-state index < -0.39 is 5.41 Å². The summed E-state index contributed by atoms with van der Waals surface area (Å²) in [6, 6.07) is 11.4. The zero-order valence-electron chi connectivity index (χ0n) is 15.6. The maximum absolute atomic E-state index is 12.7. The van der Waals surface area contributed by atoms with Gasteiger partial charge in [-0.3, -0.25) is 9.59 Å².